The van der Waals surface area contributed by atoms with Gasteiger partial charge in [-0.3, -0.25) is 0 Å². The summed E-state index contributed by atoms with van der Waals surface area (Å²) in [5.74, 6) is -0.973. The fourth-order valence-electron chi connectivity index (χ4n) is 1.89. The van der Waals surface area contributed by atoms with Gasteiger partial charge in [0.25, 0.3) is 0 Å². The van der Waals surface area contributed by atoms with Gasteiger partial charge in [0.15, 0.2) is 0 Å². The van der Waals surface area contributed by atoms with E-state index in [1.54, 1.807) is 12.1 Å². The first-order valence-corrected chi connectivity index (χ1v) is 6.23. The molecule has 0 aromatic heterocycles. The number of carboxylic acid groups (broad SMARTS) is 1. The molecule has 0 atom stereocenters. The average molecular weight is 276 g/mol. The molecule has 0 radical (unpaired) electrons. The summed E-state index contributed by atoms with van der Waals surface area (Å²) in [5.41, 5.74) is 2.18. The summed E-state index contributed by atoms with van der Waals surface area (Å²) in [4.78, 5) is 12.8. The quantitative estimate of drug-likeness (QED) is 0.925. The number of carboxylic acids is 1. The third kappa shape index (κ3) is 3.26. The molecule has 2 aromatic rings. The van der Waals surface area contributed by atoms with E-state index in [0.29, 0.717) is 11.6 Å². The molecule has 0 unspecified atom stereocenters. The topological polar surface area (TPSA) is 40.5 Å². The van der Waals surface area contributed by atoms with Gasteiger partial charge >= 0.3 is 5.97 Å². The van der Waals surface area contributed by atoms with Crippen LogP contribution in [0.5, 0.6) is 0 Å². The minimum atomic E-state index is -0.973. The predicted molar refractivity (Wildman–Crippen MR) is 77.0 cm³/mol. The molecular formula is C15H14ClNO2. The fourth-order valence-corrected chi connectivity index (χ4v) is 2.22. The number of hydrogen-bond acceptors (Lipinski definition) is 2. The summed E-state index contributed by atoms with van der Waals surface area (Å²) < 4.78 is 0. The zero-order chi connectivity index (χ0) is 13.8. The van der Waals surface area contributed by atoms with Crippen molar-refractivity contribution in [3.63, 3.8) is 0 Å². The van der Waals surface area contributed by atoms with Crippen LogP contribution < -0.4 is 4.90 Å². The van der Waals surface area contributed by atoms with Crippen LogP contribution in [-0.4, -0.2) is 18.1 Å². The van der Waals surface area contributed by atoms with Crippen LogP contribution in [0.4, 0.5) is 5.69 Å². The molecule has 19 heavy (non-hydrogen) atoms. The van der Waals surface area contributed by atoms with Gasteiger partial charge in [-0.25, -0.2) is 4.79 Å². The lowest BCUT2D eigenvalue weighted by Gasteiger charge is -2.21. The van der Waals surface area contributed by atoms with Gasteiger partial charge in [0.05, 0.1) is 16.3 Å². The number of rotatable bonds is 4. The first-order chi connectivity index (χ1) is 9.08. The van der Waals surface area contributed by atoms with E-state index in [2.05, 4.69) is 0 Å². The molecule has 1 N–H and O–H groups in total. The van der Waals surface area contributed by atoms with Gasteiger partial charge in [-0.15, -0.1) is 0 Å². The van der Waals surface area contributed by atoms with Crippen LogP contribution in [0.1, 0.15) is 15.9 Å². The highest BCUT2D eigenvalue weighted by Crippen LogP contribution is 2.27. The number of benzene rings is 2. The Morgan fingerprint density at radius 2 is 1.89 bits per heavy atom. The SMILES string of the molecule is CN(Cc1ccccc1)c1ccc(C(=O)O)cc1Cl. The van der Waals surface area contributed by atoms with Crippen molar-refractivity contribution >= 4 is 23.3 Å². The second kappa shape index (κ2) is 5.76. The molecule has 0 aliphatic heterocycles. The number of halogens is 1. The van der Waals surface area contributed by atoms with Crippen molar-refractivity contribution in [1.29, 1.82) is 0 Å². The monoisotopic (exact) mass is 275 g/mol. The predicted octanol–water partition coefficient (Wildman–Crippen LogP) is 3.67. The summed E-state index contributed by atoms with van der Waals surface area (Å²) in [7, 11) is 1.93. The lowest BCUT2D eigenvalue weighted by atomic mass is 10.1. The van der Waals surface area contributed by atoms with E-state index in [-0.39, 0.29) is 5.56 Å². The number of aromatic carboxylic acids is 1. The van der Waals surface area contributed by atoms with Crippen LogP contribution in [-0.2, 0) is 6.54 Å². The molecule has 0 saturated heterocycles. The number of anilines is 1. The van der Waals surface area contributed by atoms with E-state index in [0.717, 1.165) is 5.69 Å². The van der Waals surface area contributed by atoms with E-state index in [1.165, 1.54) is 11.6 Å². The fraction of sp³-hybridized carbons (Fsp3) is 0.133. The van der Waals surface area contributed by atoms with Crippen LogP contribution in [0.25, 0.3) is 0 Å². The molecule has 0 amide bonds. The second-order valence-electron chi connectivity index (χ2n) is 4.31. The maximum Gasteiger partial charge on any atom is 0.335 e. The molecule has 2 aromatic carbocycles. The van der Waals surface area contributed by atoms with E-state index >= 15 is 0 Å². The number of carbonyl (C=O) groups is 1. The Bertz CT molecular complexity index is 584. The van der Waals surface area contributed by atoms with Crippen LogP contribution in [0.15, 0.2) is 48.5 Å². The van der Waals surface area contributed by atoms with Crippen LogP contribution in [0.3, 0.4) is 0 Å². The van der Waals surface area contributed by atoms with Gasteiger partial charge in [-0.05, 0) is 23.8 Å². The van der Waals surface area contributed by atoms with Crippen LogP contribution in [0.2, 0.25) is 5.02 Å². The molecule has 0 saturated carbocycles. The molecule has 0 spiro atoms. The van der Waals surface area contributed by atoms with E-state index in [4.69, 9.17) is 16.7 Å². The molecule has 4 heteroatoms. The Morgan fingerprint density at radius 3 is 2.47 bits per heavy atom. The Hall–Kier alpha value is -2.00. The minimum Gasteiger partial charge on any atom is -0.478 e. The van der Waals surface area contributed by atoms with Crippen molar-refractivity contribution in [3.8, 4) is 0 Å². The smallest absolute Gasteiger partial charge is 0.335 e. The molecule has 3 nitrogen and oxygen atoms in total. The zero-order valence-electron chi connectivity index (χ0n) is 10.5. The van der Waals surface area contributed by atoms with Crippen LogP contribution >= 0.6 is 11.6 Å². The van der Waals surface area contributed by atoms with Gasteiger partial charge in [0, 0.05) is 13.6 Å². The summed E-state index contributed by atoms with van der Waals surface area (Å²) in [5, 5.41) is 9.34. The van der Waals surface area contributed by atoms with Crippen LogP contribution in [0, 0.1) is 0 Å². The summed E-state index contributed by atoms with van der Waals surface area (Å²) in [6.45, 7) is 0.715. The Labute approximate surface area is 117 Å². The third-order valence-electron chi connectivity index (χ3n) is 2.87. The highest BCUT2D eigenvalue weighted by molar-refractivity contribution is 6.33. The molecule has 98 valence electrons. The first kappa shape index (κ1) is 13.4. The number of nitrogens with zero attached hydrogens (tertiary/aromatic N) is 1. The maximum absolute atomic E-state index is 10.9. The molecule has 0 fully saturated rings. The Morgan fingerprint density at radius 1 is 1.21 bits per heavy atom. The van der Waals surface area contributed by atoms with Gasteiger partial charge in [-0.2, -0.15) is 0 Å². The molecule has 0 heterocycles. The highest BCUT2D eigenvalue weighted by Gasteiger charge is 2.10. The standard InChI is InChI=1S/C15H14ClNO2/c1-17(10-11-5-3-2-4-6-11)14-8-7-12(15(18)19)9-13(14)16/h2-9H,10H2,1H3,(H,18,19). The van der Waals surface area contributed by atoms with E-state index < -0.39 is 5.97 Å². The summed E-state index contributed by atoms with van der Waals surface area (Å²) in [6, 6.07) is 14.8. The van der Waals surface area contributed by atoms with Gasteiger partial charge in [0.1, 0.15) is 0 Å². The zero-order valence-corrected chi connectivity index (χ0v) is 11.3. The lowest BCUT2D eigenvalue weighted by Crippen LogP contribution is -2.16. The highest BCUT2D eigenvalue weighted by atomic mass is 35.5. The minimum absolute atomic E-state index is 0.196. The largest absolute Gasteiger partial charge is 0.478 e. The van der Waals surface area contributed by atoms with E-state index in [1.807, 2.05) is 42.3 Å². The van der Waals surface area contributed by atoms with E-state index in [9.17, 15) is 4.79 Å². The summed E-state index contributed by atoms with van der Waals surface area (Å²) >= 11 is 6.13. The molecule has 2 rings (SSSR count). The Kier molecular flexibility index (Phi) is 4.07. The average Bonchev–Trinajstić information content (AvgIpc) is 2.39. The summed E-state index contributed by atoms with van der Waals surface area (Å²) in [6.07, 6.45) is 0. The van der Waals surface area contributed by atoms with Crippen molar-refractivity contribution in [1.82, 2.24) is 0 Å². The molecular weight excluding hydrogens is 262 g/mol. The van der Waals surface area contributed by atoms with Crippen molar-refractivity contribution in [3.05, 3.63) is 64.7 Å². The van der Waals surface area contributed by atoms with Gasteiger partial charge in [0.2, 0.25) is 0 Å². The molecule has 0 bridgehead atoms. The third-order valence-corrected chi connectivity index (χ3v) is 3.17. The van der Waals surface area contributed by atoms with Crippen molar-refractivity contribution in [2.75, 3.05) is 11.9 Å². The van der Waals surface area contributed by atoms with Gasteiger partial charge in [-0.1, -0.05) is 41.9 Å². The number of hydrogen-bond donors (Lipinski definition) is 1. The van der Waals surface area contributed by atoms with Crippen molar-refractivity contribution in [2.45, 2.75) is 6.54 Å². The van der Waals surface area contributed by atoms with Crippen molar-refractivity contribution < 1.29 is 9.90 Å². The molecule has 0 aliphatic rings. The normalized spacial score (nSPS) is 10.2. The van der Waals surface area contributed by atoms with Gasteiger partial charge < -0.3 is 10.0 Å². The molecule has 0 aliphatic carbocycles. The first-order valence-electron chi connectivity index (χ1n) is 5.86. The second-order valence-corrected chi connectivity index (χ2v) is 4.72. The van der Waals surface area contributed by atoms with Crippen molar-refractivity contribution in [2.24, 2.45) is 0 Å². The Balaban J connectivity index is 2.20. The maximum atomic E-state index is 10.9. The lowest BCUT2D eigenvalue weighted by molar-refractivity contribution is 0.0697.